The summed E-state index contributed by atoms with van der Waals surface area (Å²) in [6, 6.07) is 9.31. The topological polar surface area (TPSA) is 73.5 Å². The molecule has 2 N–H and O–H groups in total. The van der Waals surface area contributed by atoms with E-state index in [1.165, 1.54) is 0 Å². The second kappa shape index (κ2) is 9.58. The Hall–Kier alpha value is -3.39. The van der Waals surface area contributed by atoms with Crippen molar-refractivity contribution in [2.24, 2.45) is 0 Å². The highest BCUT2D eigenvalue weighted by Gasteiger charge is 2.25. The van der Waals surface area contributed by atoms with Crippen molar-refractivity contribution >= 4 is 34.1 Å². The largest absolute Gasteiger partial charge is 0.444 e. The number of pyridine rings is 1. The molecule has 2 aliphatic rings. The molecule has 0 saturated carbocycles. The lowest BCUT2D eigenvalue weighted by atomic mass is 9.97. The van der Waals surface area contributed by atoms with E-state index in [-0.39, 0.29) is 17.8 Å². The number of aromatic nitrogens is 2. The number of carbonyl (C=O) groups is 1. The maximum atomic E-state index is 14.6. The number of likely N-dealkylation sites (tertiary alicyclic amines) is 1. The molecule has 1 fully saturated rings. The fraction of sp³-hybridized carbons (Fsp3) is 0.429. The number of benzene rings is 1. The van der Waals surface area contributed by atoms with Gasteiger partial charge in [-0.15, -0.1) is 0 Å². The van der Waals surface area contributed by atoms with Gasteiger partial charge in [-0.3, -0.25) is 0 Å². The molecule has 190 valence electrons. The molecule has 5 rings (SSSR count). The summed E-state index contributed by atoms with van der Waals surface area (Å²) in [7, 11) is 2.08. The molecular formula is C28H34FN5O2. The van der Waals surface area contributed by atoms with Crippen LogP contribution in [0.25, 0.3) is 16.6 Å². The van der Waals surface area contributed by atoms with Crippen LogP contribution in [0.5, 0.6) is 0 Å². The highest BCUT2D eigenvalue weighted by atomic mass is 19.1. The number of nitrogens with one attached hydrogen (secondary N) is 2. The summed E-state index contributed by atoms with van der Waals surface area (Å²) >= 11 is 0. The molecule has 2 aliphatic heterocycles. The Morgan fingerprint density at radius 3 is 2.75 bits per heavy atom. The van der Waals surface area contributed by atoms with Crippen molar-refractivity contribution in [3.05, 3.63) is 59.7 Å². The van der Waals surface area contributed by atoms with Crippen LogP contribution in [-0.2, 0) is 4.74 Å². The van der Waals surface area contributed by atoms with Gasteiger partial charge in [0.1, 0.15) is 17.1 Å². The summed E-state index contributed by atoms with van der Waals surface area (Å²) in [5.41, 5.74) is 4.96. The Morgan fingerprint density at radius 1 is 1.22 bits per heavy atom. The van der Waals surface area contributed by atoms with E-state index in [9.17, 15) is 9.18 Å². The maximum Gasteiger partial charge on any atom is 0.410 e. The van der Waals surface area contributed by atoms with Crippen molar-refractivity contribution in [3.63, 3.8) is 0 Å². The van der Waals surface area contributed by atoms with Gasteiger partial charge in [-0.25, -0.2) is 14.2 Å². The van der Waals surface area contributed by atoms with Crippen LogP contribution in [-0.4, -0.2) is 64.7 Å². The Morgan fingerprint density at radius 2 is 2.06 bits per heavy atom. The molecular weight excluding hydrogens is 457 g/mol. The van der Waals surface area contributed by atoms with Crippen LogP contribution >= 0.6 is 0 Å². The van der Waals surface area contributed by atoms with Gasteiger partial charge >= 0.3 is 6.09 Å². The first-order valence-corrected chi connectivity index (χ1v) is 12.6. The number of halogens is 1. The van der Waals surface area contributed by atoms with Gasteiger partial charge in [0, 0.05) is 48.5 Å². The van der Waals surface area contributed by atoms with Gasteiger partial charge in [-0.2, -0.15) is 0 Å². The van der Waals surface area contributed by atoms with Crippen LogP contribution in [0.1, 0.15) is 50.8 Å². The predicted octanol–water partition coefficient (Wildman–Crippen LogP) is 5.89. The molecule has 36 heavy (non-hydrogen) atoms. The van der Waals surface area contributed by atoms with E-state index < -0.39 is 5.60 Å². The Kier molecular flexibility index (Phi) is 6.47. The Balaban J connectivity index is 1.35. The van der Waals surface area contributed by atoms with E-state index in [1.54, 1.807) is 23.2 Å². The summed E-state index contributed by atoms with van der Waals surface area (Å²) in [6.07, 6.45) is 5.24. The lowest BCUT2D eigenvalue weighted by molar-refractivity contribution is 0.0270. The van der Waals surface area contributed by atoms with E-state index in [1.807, 2.05) is 32.9 Å². The fourth-order valence-corrected chi connectivity index (χ4v) is 4.99. The van der Waals surface area contributed by atoms with Crippen LogP contribution < -0.4 is 5.32 Å². The van der Waals surface area contributed by atoms with Crippen molar-refractivity contribution in [3.8, 4) is 0 Å². The van der Waals surface area contributed by atoms with Crippen molar-refractivity contribution in [1.82, 2.24) is 19.8 Å². The second-order valence-corrected chi connectivity index (χ2v) is 10.8. The third-order valence-corrected chi connectivity index (χ3v) is 6.84. The summed E-state index contributed by atoms with van der Waals surface area (Å²) in [5, 5.41) is 4.45. The van der Waals surface area contributed by atoms with Crippen molar-refractivity contribution < 1.29 is 13.9 Å². The first kappa shape index (κ1) is 24.3. The molecule has 3 aromatic rings. The van der Waals surface area contributed by atoms with E-state index in [4.69, 9.17) is 4.74 Å². The monoisotopic (exact) mass is 491 g/mol. The highest BCUT2D eigenvalue weighted by Crippen LogP contribution is 2.33. The van der Waals surface area contributed by atoms with Crippen LogP contribution in [0.4, 0.5) is 20.6 Å². The van der Waals surface area contributed by atoms with Gasteiger partial charge in [0.05, 0.1) is 5.69 Å². The highest BCUT2D eigenvalue weighted by molar-refractivity contribution is 5.94. The summed E-state index contributed by atoms with van der Waals surface area (Å²) in [6.45, 7) is 8.60. The molecule has 8 heteroatoms. The lowest BCUT2D eigenvalue weighted by Gasteiger charge is -2.29. The number of aromatic amines is 1. The normalized spacial score (nSPS) is 19.0. The maximum absolute atomic E-state index is 14.6. The predicted molar refractivity (Wildman–Crippen MR) is 141 cm³/mol. The molecule has 7 nitrogen and oxygen atoms in total. The number of fused-ring (bicyclic) bond motifs is 1. The summed E-state index contributed by atoms with van der Waals surface area (Å²) < 4.78 is 20.1. The van der Waals surface area contributed by atoms with Crippen molar-refractivity contribution in [2.75, 3.05) is 38.5 Å². The second-order valence-electron chi connectivity index (χ2n) is 10.8. The number of anilines is 2. The number of carbonyl (C=O) groups excluding carboxylic acids is 1. The molecule has 0 radical (unpaired) electrons. The number of H-pyrrole nitrogens is 1. The molecule has 0 bridgehead atoms. The van der Waals surface area contributed by atoms with Crippen LogP contribution in [0.2, 0.25) is 0 Å². The standard InChI is InChI=1S/C28H34FN5O2/c1-28(2,3)36-27(35)34-13-9-18(10-14-34)25-16-22-24(7-11-30-26(22)32-25)31-20-5-6-23(29)21(15-20)19-8-12-33(4)17-19/h5-7,9,11,15-16,19H,8,10,12-14,17H2,1-4H3,(H2,30,31,32)/t19-/m1/s1. The zero-order chi connectivity index (χ0) is 25.4. The van der Waals surface area contributed by atoms with Crippen LogP contribution in [0, 0.1) is 5.82 Å². The average molecular weight is 492 g/mol. The lowest BCUT2D eigenvalue weighted by Crippen LogP contribution is -2.39. The van der Waals surface area contributed by atoms with Crippen molar-refractivity contribution in [2.45, 2.75) is 45.1 Å². The molecule has 1 saturated heterocycles. The van der Waals surface area contributed by atoms with Gasteiger partial charge in [-0.1, -0.05) is 6.08 Å². The molecule has 2 aromatic heterocycles. The number of nitrogens with zero attached hydrogens (tertiary/aromatic N) is 3. The first-order valence-electron chi connectivity index (χ1n) is 12.6. The summed E-state index contributed by atoms with van der Waals surface area (Å²) in [5.74, 6) is 0.0703. The van der Waals surface area contributed by atoms with Gasteiger partial charge in [0.2, 0.25) is 0 Å². The third kappa shape index (κ3) is 5.23. The Labute approximate surface area is 211 Å². The van der Waals surface area contributed by atoms with Crippen LogP contribution in [0.15, 0.2) is 42.6 Å². The average Bonchev–Trinajstić information content (AvgIpc) is 3.46. The third-order valence-electron chi connectivity index (χ3n) is 6.84. The fourth-order valence-electron chi connectivity index (χ4n) is 4.99. The van der Waals surface area contributed by atoms with Crippen LogP contribution in [0.3, 0.4) is 0 Å². The molecule has 1 atom stereocenters. The summed E-state index contributed by atoms with van der Waals surface area (Å²) in [4.78, 5) is 24.3. The molecule has 1 amide bonds. The van der Waals surface area contributed by atoms with E-state index >= 15 is 0 Å². The number of hydrogen-bond donors (Lipinski definition) is 2. The number of rotatable bonds is 4. The van der Waals surface area contributed by atoms with E-state index in [2.05, 4.69) is 39.4 Å². The first-order chi connectivity index (χ1) is 17.2. The Bertz CT molecular complexity index is 1310. The minimum atomic E-state index is -0.508. The van der Waals surface area contributed by atoms with Gasteiger partial charge in [-0.05, 0) is 88.7 Å². The van der Waals surface area contributed by atoms with E-state index in [0.717, 1.165) is 65.2 Å². The smallest absolute Gasteiger partial charge is 0.410 e. The molecule has 4 heterocycles. The SMILES string of the molecule is CN1CC[C@@H](c2cc(Nc3ccnc4[nH]c(C5=CCN(C(=O)OC(C)(C)C)CC5)cc34)ccc2F)C1. The van der Waals surface area contributed by atoms with E-state index in [0.29, 0.717) is 13.1 Å². The minimum Gasteiger partial charge on any atom is -0.444 e. The van der Waals surface area contributed by atoms with Gasteiger partial charge in [0.15, 0.2) is 0 Å². The zero-order valence-electron chi connectivity index (χ0n) is 21.4. The molecule has 0 unspecified atom stereocenters. The number of hydrogen-bond acceptors (Lipinski definition) is 5. The van der Waals surface area contributed by atoms with Gasteiger partial charge < -0.3 is 24.8 Å². The quantitative estimate of drug-likeness (QED) is 0.476. The minimum absolute atomic E-state index is 0.144. The molecule has 0 spiro atoms. The molecule has 1 aromatic carbocycles. The van der Waals surface area contributed by atoms with Gasteiger partial charge in [0.25, 0.3) is 0 Å². The molecule has 0 aliphatic carbocycles. The zero-order valence-corrected chi connectivity index (χ0v) is 21.4. The number of ether oxygens (including phenoxy) is 1. The number of likely N-dealkylation sites (N-methyl/N-ethyl adjacent to an activating group) is 1. The number of amides is 1. The van der Waals surface area contributed by atoms with Crippen molar-refractivity contribution in [1.29, 1.82) is 0 Å².